The first-order valence-electron chi connectivity index (χ1n) is 7.79. The number of benzene rings is 1. The summed E-state index contributed by atoms with van der Waals surface area (Å²) >= 11 is 0. The number of methoxy groups -OCH3 is 2. The van der Waals surface area contributed by atoms with Gasteiger partial charge in [0, 0.05) is 6.54 Å². The van der Waals surface area contributed by atoms with E-state index < -0.39 is 0 Å². The van der Waals surface area contributed by atoms with Crippen LogP contribution in [0.25, 0.3) is 0 Å². The van der Waals surface area contributed by atoms with Crippen LogP contribution in [0.2, 0.25) is 0 Å². The molecule has 0 heterocycles. The Bertz CT molecular complexity index is 382. The molecule has 0 saturated carbocycles. The van der Waals surface area contributed by atoms with Crippen molar-refractivity contribution in [2.45, 2.75) is 45.6 Å². The quantitative estimate of drug-likeness (QED) is 0.631. The van der Waals surface area contributed by atoms with Gasteiger partial charge in [0.15, 0.2) is 11.5 Å². The van der Waals surface area contributed by atoms with Gasteiger partial charge in [0.2, 0.25) is 5.75 Å². The summed E-state index contributed by atoms with van der Waals surface area (Å²) in [6, 6.07) is 3.98. The molecule has 1 N–H and O–H groups in total. The van der Waals surface area contributed by atoms with E-state index in [2.05, 4.69) is 12.2 Å². The van der Waals surface area contributed by atoms with Crippen LogP contribution < -0.4 is 19.5 Å². The van der Waals surface area contributed by atoms with Crippen LogP contribution >= 0.6 is 0 Å². The molecule has 0 spiro atoms. The molecule has 0 saturated heterocycles. The molecule has 0 aromatic heterocycles. The normalized spacial score (nSPS) is 10.5. The lowest BCUT2D eigenvalue weighted by Crippen LogP contribution is -2.07. The third-order valence-electron chi connectivity index (χ3n) is 3.40. The highest BCUT2D eigenvalue weighted by molar-refractivity contribution is 5.53. The van der Waals surface area contributed by atoms with Crippen LogP contribution in [0.1, 0.15) is 44.6 Å². The topological polar surface area (TPSA) is 39.7 Å². The first kappa shape index (κ1) is 17.6. The smallest absolute Gasteiger partial charge is 0.203 e. The van der Waals surface area contributed by atoms with Gasteiger partial charge < -0.3 is 19.5 Å². The predicted octanol–water partition coefficient (Wildman–Crippen LogP) is 3.77. The van der Waals surface area contributed by atoms with Crippen molar-refractivity contribution >= 4 is 0 Å². The highest BCUT2D eigenvalue weighted by Gasteiger charge is 2.13. The van der Waals surface area contributed by atoms with E-state index >= 15 is 0 Å². The zero-order valence-corrected chi connectivity index (χ0v) is 13.8. The lowest BCUT2D eigenvalue weighted by molar-refractivity contribution is 0.267. The Morgan fingerprint density at radius 1 is 0.952 bits per heavy atom. The molecule has 0 unspecified atom stereocenters. The van der Waals surface area contributed by atoms with Crippen molar-refractivity contribution in [1.82, 2.24) is 5.32 Å². The molecule has 0 radical (unpaired) electrons. The van der Waals surface area contributed by atoms with Crippen molar-refractivity contribution in [2.75, 3.05) is 27.9 Å². The molecular formula is C17H29NO3. The largest absolute Gasteiger partial charge is 0.493 e. The zero-order chi connectivity index (χ0) is 15.5. The van der Waals surface area contributed by atoms with Crippen molar-refractivity contribution < 1.29 is 14.2 Å². The lowest BCUT2D eigenvalue weighted by Gasteiger charge is -2.16. The minimum atomic E-state index is 0.696. The lowest BCUT2D eigenvalue weighted by atomic mass is 10.1. The Morgan fingerprint density at radius 3 is 2.10 bits per heavy atom. The maximum atomic E-state index is 5.89. The molecule has 0 atom stereocenters. The molecule has 0 aliphatic rings. The van der Waals surface area contributed by atoms with Crippen LogP contribution in [-0.4, -0.2) is 27.9 Å². The third-order valence-corrected chi connectivity index (χ3v) is 3.40. The number of hydrogen-bond acceptors (Lipinski definition) is 4. The van der Waals surface area contributed by atoms with Gasteiger partial charge in [0.25, 0.3) is 0 Å². The Hall–Kier alpha value is -1.42. The van der Waals surface area contributed by atoms with E-state index in [1.807, 2.05) is 19.2 Å². The first-order valence-corrected chi connectivity index (χ1v) is 7.79. The number of unbranched alkanes of at least 4 members (excludes halogenated alkanes) is 4. The van der Waals surface area contributed by atoms with E-state index in [-0.39, 0.29) is 0 Å². The number of nitrogens with one attached hydrogen (secondary N) is 1. The van der Waals surface area contributed by atoms with E-state index in [1.54, 1.807) is 14.2 Å². The first-order chi connectivity index (χ1) is 10.3. The molecule has 1 aromatic rings. The fraction of sp³-hybridized carbons (Fsp3) is 0.647. The summed E-state index contributed by atoms with van der Waals surface area (Å²) in [6.45, 7) is 3.69. The zero-order valence-electron chi connectivity index (χ0n) is 13.8. The fourth-order valence-corrected chi connectivity index (χ4v) is 2.26. The van der Waals surface area contributed by atoms with Gasteiger partial charge in [-0.05, 0) is 31.2 Å². The predicted molar refractivity (Wildman–Crippen MR) is 86.6 cm³/mol. The standard InChI is InChI=1S/C17H29NO3/c1-5-6-7-8-9-10-21-17-15(19-3)11-14(13-18-2)12-16(17)20-4/h11-12,18H,5-10,13H2,1-4H3. The van der Waals surface area contributed by atoms with Crippen LogP contribution in [0.3, 0.4) is 0 Å². The summed E-state index contributed by atoms with van der Waals surface area (Å²) in [6.07, 6.45) is 6.09. The molecule has 4 nitrogen and oxygen atoms in total. The summed E-state index contributed by atoms with van der Waals surface area (Å²) in [5.74, 6) is 2.16. The number of rotatable bonds is 11. The third kappa shape index (κ3) is 5.84. The maximum absolute atomic E-state index is 5.89. The van der Waals surface area contributed by atoms with E-state index in [0.29, 0.717) is 12.4 Å². The van der Waals surface area contributed by atoms with Crippen molar-refractivity contribution in [3.63, 3.8) is 0 Å². The molecule has 1 aromatic carbocycles. The average Bonchev–Trinajstić information content (AvgIpc) is 2.51. The second-order valence-electron chi connectivity index (χ2n) is 5.12. The van der Waals surface area contributed by atoms with Gasteiger partial charge in [-0.25, -0.2) is 0 Å². The van der Waals surface area contributed by atoms with Gasteiger partial charge in [0.1, 0.15) is 0 Å². The van der Waals surface area contributed by atoms with Crippen molar-refractivity contribution in [3.8, 4) is 17.2 Å². The molecule has 21 heavy (non-hydrogen) atoms. The monoisotopic (exact) mass is 295 g/mol. The summed E-state index contributed by atoms with van der Waals surface area (Å²) in [7, 11) is 5.23. The molecule has 0 aliphatic heterocycles. The van der Waals surface area contributed by atoms with Crippen LogP contribution in [-0.2, 0) is 6.54 Å². The average molecular weight is 295 g/mol. The van der Waals surface area contributed by atoms with Crippen LogP contribution in [0.5, 0.6) is 17.2 Å². The molecule has 1 rings (SSSR count). The Balaban J connectivity index is 2.66. The van der Waals surface area contributed by atoms with E-state index in [1.165, 1.54) is 25.7 Å². The molecule has 0 bridgehead atoms. The summed E-state index contributed by atoms with van der Waals surface area (Å²) in [4.78, 5) is 0. The van der Waals surface area contributed by atoms with E-state index in [4.69, 9.17) is 14.2 Å². The maximum Gasteiger partial charge on any atom is 0.203 e. The van der Waals surface area contributed by atoms with E-state index in [0.717, 1.165) is 30.0 Å². The van der Waals surface area contributed by atoms with Gasteiger partial charge in [-0.3, -0.25) is 0 Å². The van der Waals surface area contributed by atoms with Crippen molar-refractivity contribution in [1.29, 1.82) is 0 Å². The molecule has 0 fully saturated rings. The van der Waals surface area contributed by atoms with Gasteiger partial charge >= 0.3 is 0 Å². The minimum absolute atomic E-state index is 0.696. The molecule has 4 heteroatoms. The second kappa shape index (κ2) is 10.3. The van der Waals surface area contributed by atoms with Gasteiger partial charge in [-0.15, -0.1) is 0 Å². The summed E-state index contributed by atoms with van der Waals surface area (Å²) in [5, 5.41) is 3.13. The van der Waals surface area contributed by atoms with E-state index in [9.17, 15) is 0 Å². The van der Waals surface area contributed by atoms with Crippen LogP contribution in [0.15, 0.2) is 12.1 Å². The van der Waals surface area contributed by atoms with Gasteiger partial charge in [-0.1, -0.05) is 32.6 Å². The Morgan fingerprint density at radius 2 is 1.57 bits per heavy atom. The second-order valence-corrected chi connectivity index (χ2v) is 5.12. The number of ether oxygens (including phenoxy) is 3. The molecular weight excluding hydrogens is 266 g/mol. The van der Waals surface area contributed by atoms with Gasteiger partial charge in [0.05, 0.1) is 20.8 Å². The highest BCUT2D eigenvalue weighted by Crippen LogP contribution is 2.38. The van der Waals surface area contributed by atoms with Crippen LogP contribution in [0, 0.1) is 0 Å². The SMILES string of the molecule is CCCCCCCOc1c(OC)cc(CNC)cc1OC. The number of hydrogen-bond donors (Lipinski definition) is 1. The highest BCUT2D eigenvalue weighted by atomic mass is 16.5. The molecule has 0 aliphatic carbocycles. The fourth-order valence-electron chi connectivity index (χ4n) is 2.26. The van der Waals surface area contributed by atoms with Crippen molar-refractivity contribution in [2.24, 2.45) is 0 Å². The Kier molecular flexibility index (Phi) is 8.67. The van der Waals surface area contributed by atoms with Gasteiger partial charge in [-0.2, -0.15) is 0 Å². The van der Waals surface area contributed by atoms with Crippen LogP contribution in [0.4, 0.5) is 0 Å². The van der Waals surface area contributed by atoms with Crippen molar-refractivity contribution in [3.05, 3.63) is 17.7 Å². The molecule has 120 valence electrons. The Labute approximate surface area is 128 Å². The summed E-state index contributed by atoms with van der Waals surface area (Å²) in [5.41, 5.74) is 1.11. The molecule has 0 amide bonds. The summed E-state index contributed by atoms with van der Waals surface area (Å²) < 4.78 is 16.8. The minimum Gasteiger partial charge on any atom is -0.493 e.